The van der Waals surface area contributed by atoms with Gasteiger partial charge in [-0.25, -0.2) is 9.37 Å². The number of amides is 2. The summed E-state index contributed by atoms with van der Waals surface area (Å²) < 4.78 is 12.9. The summed E-state index contributed by atoms with van der Waals surface area (Å²) in [6.07, 6.45) is 2.87. The summed E-state index contributed by atoms with van der Waals surface area (Å²) in [5, 5.41) is 7.38. The number of halogens is 1. The van der Waals surface area contributed by atoms with Gasteiger partial charge in [0.1, 0.15) is 10.8 Å². The quantitative estimate of drug-likeness (QED) is 0.826. The van der Waals surface area contributed by atoms with Crippen molar-refractivity contribution in [3.05, 3.63) is 47.2 Å². The number of aromatic nitrogens is 1. The number of likely N-dealkylation sites (N-methyl/N-ethyl adjacent to an activating group) is 1. The number of thiazole rings is 1. The Morgan fingerprint density at radius 3 is 2.73 bits per heavy atom. The van der Waals surface area contributed by atoms with E-state index in [0.29, 0.717) is 5.69 Å². The van der Waals surface area contributed by atoms with E-state index in [-0.39, 0.29) is 24.2 Å². The lowest BCUT2D eigenvalue weighted by Gasteiger charge is -1.99. The summed E-state index contributed by atoms with van der Waals surface area (Å²) in [7, 11) is 1.50. The third kappa shape index (κ3) is 4.49. The van der Waals surface area contributed by atoms with Crippen molar-refractivity contribution in [3.8, 4) is 10.6 Å². The molecule has 2 aromatic rings. The van der Waals surface area contributed by atoms with Crippen molar-refractivity contribution < 1.29 is 14.0 Å². The van der Waals surface area contributed by atoms with Gasteiger partial charge in [0.05, 0.1) is 12.2 Å². The van der Waals surface area contributed by atoms with Crippen LogP contribution in [0.1, 0.15) is 5.69 Å². The van der Waals surface area contributed by atoms with Crippen molar-refractivity contribution in [1.82, 2.24) is 15.6 Å². The van der Waals surface area contributed by atoms with Crippen LogP contribution in [0.5, 0.6) is 0 Å². The van der Waals surface area contributed by atoms with Gasteiger partial charge in [-0.3, -0.25) is 9.59 Å². The van der Waals surface area contributed by atoms with Crippen LogP contribution in [0, 0.1) is 5.82 Å². The van der Waals surface area contributed by atoms with Crippen molar-refractivity contribution in [2.24, 2.45) is 0 Å². The number of hydrogen-bond donors (Lipinski definition) is 2. The second-order valence-electron chi connectivity index (χ2n) is 4.31. The Kier molecular flexibility index (Phi) is 5.37. The van der Waals surface area contributed by atoms with Gasteiger partial charge in [-0.1, -0.05) is 0 Å². The SMILES string of the molecule is CNC(=O)CNC(=O)C=Cc1csc(-c2ccc(F)cc2)n1. The van der Waals surface area contributed by atoms with Gasteiger partial charge in [-0.05, 0) is 30.3 Å². The predicted octanol–water partition coefficient (Wildman–Crippen LogP) is 1.82. The Morgan fingerprint density at radius 1 is 1.32 bits per heavy atom. The van der Waals surface area contributed by atoms with Crippen LogP contribution in [0.25, 0.3) is 16.6 Å². The summed E-state index contributed by atoms with van der Waals surface area (Å²) in [5.41, 5.74) is 1.44. The molecule has 1 aromatic carbocycles. The molecular formula is C15H14FN3O2S. The fourth-order valence-corrected chi connectivity index (χ4v) is 2.36. The number of rotatable bonds is 5. The lowest BCUT2D eigenvalue weighted by atomic mass is 10.2. The highest BCUT2D eigenvalue weighted by Gasteiger charge is 2.04. The maximum atomic E-state index is 12.9. The van der Waals surface area contributed by atoms with Crippen molar-refractivity contribution in [1.29, 1.82) is 0 Å². The molecule has 0 fully saturated rings. The van der Waals surface area contributed by atoms with Crippen LogP contribution in [0.2, 0.25) is 0 Å². The highest BCUT2D eigenvalue weighted by Crippen LogP contribution is 2.24. The number of nitrogens with zero attached hydrogens (tertiary/aromatic N) is 1. The van der Waals surface area contributed by atoms with E-state index in [1.807, 2.05) is 0 Å². The van der Waals surface area contributed by atoms with Crippen LogP contribution < -0.4 is 10.6 Å². The van der Waals surface area contributed by atoms with Crippen LogP contribution >= 0.6 is 11.3 Å². The molecule has 0 radical (unpaired) electrons. The number of hydrogen-bond acceptors (Lipinski definition) is 4. The van der Waals surface area contributed by atoms with E-state index in [9.17, 15) is 14.0 Å². The molecule has 1 aromatic heterocycles. The van der Waals surface area contributed by atoms with Crippen LogP contribution in [-0.2, 0) is 9.59 Å². The minimum Gasteiger partial charge on any atom is -0.358 e. The summed E-state index contributed by atoms with van der Waals surface area (Å²) in [6.45, 7) is -0.0719. The first kappa shape index (κ1) is 15.8. The highest BCUT2D eigenvalue weighted by atomic mass is 32.1. The Bertz CT molecular complexity index is 695. The first-order valence-corrected chi connectivity index (χ1v) is 7.34. The molecule has 2 N–H and O–H groups in total. The monoisotopic (exact) mass is 319 g/mol. The summed E-state index contributed by atoms with van der Waals surface area (Å²) in [6, 6.07) is 6.05. The zero-order valence-electron chi connectivity index (χ0n) is 11.8. The van der Waals surface area contributed by atoms with Gasteiger partial charge in [-0.2, -0.15) is 0 Å². The second-order valence-corrected chi connectivity index (χ2v) is 5.17. The largest absolute Gasteiger partial charge is 0.358 e. The highest BCUT2D eigenvalue weighted by molar-refractivity contribution is 7.13. The molecule has 1 heterocycles. The van der Waals surface area contributed by atoms with Gasteiger partial charge >= 0.3 is 0 Å². The van der Waals surface area contributed by atoms with Gasteiger partial charge < -0.3 is 10.6 Å². The molecule has 0 spiro atoms. The molecule has 0 aliphatic heterocycles. The van der Waals surface area contributed by atoms with E-state index < -0.39 is 0 Å². The van der Waals surface area contributed by atoms with Crippen molar-refractivity contribution >= 4 is 29.2 Å². The Hall–Kier alpha value is -2.54. The molecule has 0 unspecified atom stereocenters. The van der Waals surface area contributed by atoms with E-state index in [0.717, 1.165) is 10.6 Å². The molecule has 0 aliphatic rings. The van der Waals surface area contributed by atoms with E-state index in [1.54, 1.807) is 23.6 Å². The molecule has 5 nitrogen and oxygen atoms in total. The maximum Gasteiger partial charge on any atom is 0.244 e. The molecule has 114 valence electrons. The van der Waals surface area contributed by atoms with E-state index in [4.69, 9.17) is 0 Å². The first-order valence-electron chi connectivity index (χ1n) is 6.46. The third-order valence-electron chi connectivity index (χ3n) is 2.72. The average Bonchev–Trinajstić information content (AvgIpc) is 3.00. The number of benzene rings is 1. The normalized spacial score (nSPS) is 10.6. The zero-order valence-corrected chi connectivity index (χ0v) is 12.6. The molecule has 22 heavy (non-hydrogen) atoms. The van der Waals surface area contributed by atoms with E-state index >= 15 is 0 Å². The molecule has 0 aliphatic carbocycles. The molecule has 0 saturated heterocycles. The van der Waals surface area contributed by atoms with Crippen molar-refractivity contribution in [2.75, 3.05) is 13.6 Å². The van der Waals surface area contributed by atoms with Crippen LogP contribution in [0.15, 0.2) is 35.7 Å². The molecule has 2 rings (SSSR count). The van der Waals surface area contributed by atoms with Gasteiger partial charge in [0, 0.05) is 24.1 Å². The molecule has 0 bridgehead atoms. The first-order chi connectivity index (χ1) is 10.6. The van der Waals surface area contributed by atoms with Gasteiger partial charge in [0.25, 0.3) is 0 Å². The summed E-state index contributed by atoms with van der Waals surface area (Å²) in [5.74, 6) is -0.942. The second kappa shape index (κ2) is 7.46. The minimum atomic E-state index is -0.375. The van der Waals surface area contributed by atoms with Crippen LogP contribution in [0.4, 0.5) is 4.39 Å². The number of carbonyl (C=O) groups excluding carboxylic acids is 2. The Morgan fingerprint density at radius 2 is 2.05 bits per heavy atom. The van der Waals surface area contributed by atoms with E-state index in [1.165, 1.54) is 36.6 Å². The fraction of sp³-hybridized carbons (Fsp3) is 0.133. The summed E-state index contributed by atoms with van der Waals surface area (Å²) in [4.78, 5) is 26.8. The van der Waals surface area contributed by atoms with Crippen LogP contribution in [0.3, 0.4) is 0 Å². The molecule has 7 heteroatoms. The summed E-state index contributed by atoms with van der Waals surface area (Å²) >= 11 is 1.40. The fourth-order valence-electron chi connectivity index (χ4n) is 1.56. The van der Waals surface area contributed by atoms with E-state index in [2.05, 4.69) is 15.6 Å². The van der Waals surface area contributed by atoms with Crippen molar-refractivity contribution in [2.45, 2.75) is 0 Å². The van der Waals surface area contributed by atoms with Gasteiger partial charge in [0.15, 0.2) is 0 Å². The van der Waals surface area contributed by atoms with Gasteiger partial charge in [-0.15, -0.1) is 11.3 Å². The maximum absolute atomic E-state index is 12.9. The van der Waals surface area contributed by atoms with Gasteiger partial charge in [0.2, 0.25) is 11.8 Å². The van der Waals surface area contributed by atoms with Crippen molar-refractivity contribution in [3.63, 3.8) is 0 Å². The smallest absolute Gasteiger partial charge is 0.244 e. The Labute approximate surface area is 130 Å². The molecule has 0 atom stereocenters. The predicted molar refractivity (Wildman–Crippen MR) is 83.6 cm³/mol. The Balaban J connectivity index is 1.97. The number of nitrogens with one attached hydrogen (secondary N) is 2. The lowest BCUT2D eigenvalue weighted by Crippen LogP contribution is -2.34. The standard InChI is InChI=1S/C15H14FN3O2S/c1-17-14(21)8-18-13(20)7-6-12-9-22-15(19-12)10-2-4-11(16)5-3-10/h2-7,9H,8H2,1H3,(H,17,21)(H,18,20). The van der Waals surface area contributed by atoms with Crippen LogP contribution in [-0.4, -0.2) is 30.4 Å². The molecule has 2 amide bonds. The number of carbonyl (C=O) groups is 2. The third-order valence-corrected chi connectivity index (χ3v) is 3.63. The minimum absolute atomic E-state index is 0.0719. The average molecular weight is 319 g/mol. The zero-order chi connectivity index (χ0) is 15.9. The topological polar surface area (TPSA) is 71.1 Å². The molecule has 0 saturated carbocycles. The lowest BCUT2D eigenvalue weighted by molar-refractivity contribution is -0.123. The molecular weight excluding hydrogens is 305 g/mol.